The standard InChI is InChI=1S/C19H26ClN3O4/c1-22(18(25)26)19(17(24)6-7-23-8-10-27-11-9-23)13-21-12-16(19)14-2-4-15(20)5-3-14/h2-5,16,21H,6-13H2,1H3,(H,25,26)/t16-,19+/m0/s1. The number of amides is 1. The Hall–Kier alpha value is -1.67. The molecule has 7 nitrogen and oxygen atoms in total. The molecular formula is C19H26ClN3O4. The topological polar surface area (TPSA) is 82.1 Å². The maximum atomic E-state index is 13.4. The highest BCUT2D eigenvalue weighted by atomic mass is 35.5. The Morgan fingerprint density at radius 2 is 2.00 bits per heavy atom. The summed E-state index contributed by atoms with van der Waals surface area (Å²) in [6.45, 7) is 4.41. The van der Waals surface area contributed by atoms with Crippen LogP contribution >= 0.6 is 11.6 Å². The molecule has 2 aliphatic rings. The Labute approximate surface area is 164 Å². The van der Waals surface area contributed by atoms with Crippen molar-refractivity contribution in [3.63, 3.8) is 0 Å². The van der Waals surface area contributed by atoms with E-state index in [0.717, 1.165) is 18.7 Å². The highest BCUT2D eigenvalue weighted by Crippen LogP contribution is 2.38. The second-order valence-corrected chi connectivity index (χ2v) is 7.56. The molecule has 0 aliphatic carbocycles. The number of carboxylic acid groups (broad SMARTS) is 1. The fraction of sp³-hybridized carbons (Fsp3) is 0.579. The summed E-state index contributed by atoms with van der Waals surface area (Å²) in [5.74, 6) is -0.308. The third-order valence-corrected chi connectivity index (χ3v) is 5.97. The fourth-order valence-corrected chi connectivity index (χ4v) is 4.22. The van der Waals surface area contributed by atoms with Crippen LogP contribution in [0.4, 0.5) is 4.79 Å². The molecule has 2 N–H and O–H groups in total. The average Bonchev–Trinajstić information content (AvgIpc) is 3.12. The maximum absolute atomic E-state index is 13.4. The molecule has 2 saturated heterocycles. The van der Waals surface area contributed by atoms with Crippen molar-refractivity contribution in [1.82, 2.24) is 15.1 Å². The molecule has 1 amide bonds. The fourth-order valence-electron chi connectivity index (χ4n) is 4.09. The molecule has 2 aliphatic heterocycles. The molecule has 2 heterocycles. The summed E-state index contributed by atoms with van der Waals surface area (Å²) in [5.41, 5.74) is -0.205. The zero-order chi connectivity index (χ0) is 19.4. The van der Waals surface area contributed by atoms with Crippen molar-refractivity contribution < 1.29 is 19.4 Å². The molecule has 0 radical (unpaired) electrons. The van der Waals surface area contributed by atoms with Crippen molar-refractivity contribution in [3.05, 3.63) is 34.9 Å². The quantitative estimate of drug-likeness (QED) is 0.762. The molecule has 0 aromatic heterocycles. The van der Waals surface area contributed by atoms with Gasteiger partial charge in [-0.15, -0.1) is 0 Å². The largest absolute Gasteiger partial charge is 0.465 e. The van der Waals surface area contributed by atoms with Crippen molar-refractivity contribution in [1.29, 1.82) is 0 Å². The van der Waals surface area contributed by atoms with E-state index in [4.69, 9.17) is 16.3 Å². The molecule has 8 heteroatoms. The van der Waals surface area contributed by atoms with Gasteiger partial charge >= 0.3 is 6.09 Å². The Bertz CT molecular complexity index is 678. The Morgan fingerprint density at radius 1 is 1.33 bits per heavy atom. The van der Waals surface area contributed by atoms with Crippen LogP contribution in [-0.4, -0.2) is 85.3 Å². The number of hydrogen-bond donors (Lipinski definition) is 2. The average molecular weight is 396 g/mol. The van der Waals surface area contributed by atoms with Crippen LogP contribution < -0.4 is 5.32 Å². The van der Waals surface area contributed by atoms with E-state index in [9.17, 15) is 14.7 Å². The van der Waals surface area contributed by atoms with Crippen molar-refractivity contribution in [2.24, 2.45) is 0 Å². The number of nitrogens with zero attached hydrogens (tertiary/aromatic N) is 2. The summed E-state index contributed by atoms with van der Waals surface area (Å²) in [5, 5.41) is 13.5. The second kappa shape index (κ2) is 8.56. The molecule has 1 aromatic rings. The number of halogens is 1. The van der Waals surface area contributed by atoms with E-state index in [1.165, 1.54) is 11.9 Å². The third-order valence-electron chi connectivity index (χ3n) is 5.72. The van der Waals surface area contributed by atoms with Crippen LogP contribution in [0.2, 0.25) is 5.02 Å². The minimum Gasteiger partial charge on any atom is -0.465 e. The van der Waals surface area contributed by atoms with Gasteiger partial charge in [0.2, 0.25) is 0 Å². The van der Waals surface area contributed by atoms with Gasteiger partial charge in [-0.05, 0) is 17.7 Å². The minimum atomic E-state index is -1.12. The van der Waals surface area contributed by atoms with E-state index in [-0.39, 0.29) is 11.7 Å². The van der Waals surface area contributed by atoms with Crippen molar-refractivity contribution in [2.45, 2.75) is 17.9 Å². The summed E-state index contributed by atoms with van der Waals surface area (Å²) < 4.78 is 5.35. The summed E-state index contributed by atoms with van der Waals surface area (Å²) in [6.07, 6.45) is -0.791. The zero-order valence-corrected chi connectivity index (χ0v) is 16.2. The molecule has 2 atom stereocenters. The van der Waals surface area contributed by atoms with E-state index in [1.807, 2.05) is 12.1 Å². The third kappa shape index (κ3) is 4.11. The van der Waals surface area contributed by atoms with Crippen LogP contribution in [0.25, 0.3) is 0 Å². The number of hydrogen-bond acceptors (Lipinski definition) is 5. The predicted molar refractivity (Wildman–Crippen MR) is 102 cm³/mol. The van der Waals surface area contributed by atoms with Gasteiger partial charge in [0.25, 0.3) is 0 Å². The molecule has 3 rings (SSSR count). The first-order valence-electron chi connectivity index (χ1n) is 9.21. The van der Waals surface area contributed by atoms with Crippen molar-refractivity contribution >= 4 is 23.5 Å². The number of carbonyl (C=O) groups is 2. The summed E-state index contributed by atoms with van der Waals surface area (Å²) >= 11 is 6.00. The number of ether oxygens (including phenoxy) is 1. The Morgan fingerprint density at radius 3 is 2.63 bits per heavy atom. The maximum Gasteiger partial charge on any atom is 0.407 e. The van der Waals surface area contributed by atoms with Crippen LogP contribution in [0.1, 0.15) is 17.9 Å². The normalized spacial score (nSPS) is 26.1. The number of carbonyl (C=O) groups excluding carboxylic acids is 1. The number of rotatable bonds is 6. The van der Waals surface area contributed by atoms with Gasteiger partial charge in [-0.2, -0.15) is 0 Å². The first-order chi connectivity index (χ1) is 12.9. The lowest BCUT2D eigenvalue weighted by atomic mass is 9.76. The second-order valence-electron chi connectivity index (χ2n) is 7.13. The van der Waals surface area contributed by atoms with Crippen molar-refractivity contribution in [2.75, 3.05) is 53.0 Å². The number of nitrogens with one attached hydrogen (secondary N) is 1. The van der Waals surface area contributed by atoms with E-state index < -0.39 is 11.6 Å². The van der Waals surface area contributed by atoms with E-state index in [1.54, 1.807) is 12.1 Å². The summed E-state index contributed by atoms with van der Waals surface area (Å²) in [6, 6.07) is 7.30. The molecule has 0 spiro atoms. The van der Waals surface area contributed by atoms with Gasteiger partial charge in [0.05, 0.1) is 13.2 Å². The molecule has 148 valence electrons. The molecule has 0 saturated carbocycles. The van der Waals surface area contributed by atoms with E-state index >= 15 is 0 Å². The van der Waals surface area contributed by atoms with Gasteiger partial charge < -0.3 is 15.2 Å². The number of benzene rings is 1. The Kier molecular flexibility index (Phi) is 6.37. The zero-order valence-electron chi connectivity index (χ0n) is 15.5. The molecule has 0 bridgehead atoms. The van der Waals surface area contributed by atoms with Gasteiger partial charge in [0.1, 0.15) is 5.54 Å². The first kappa shape index (κ1) is 20.1. The van der Waals surface area contributed by atoms with Gasteiger partial charge in [-0.25, -0.2) is 4.79 Å². The first-order valence-corrected chi connectivity index (χ1v) is 9.59. The molecule has 27 heavy (non-hydrogen) atoms. The lowest BCUT2D eigenvalue weighted by Gasteiger charge is -2.40. The van der Waals surface area contributed by atoms with Crippen molar-refractivity contribution in [3.8, 4) is 0 Å². The lowest BCUT2D eigenvalue weighted by molar-refractivity contribution is -0.130. The van der Waals surface area contributed by atoms with Crippen LogP contribution in [-0.2, 0) is 9.53 Å². The summed E-state index contributed by atoms with van der Waals surface area (Å²) in [4.78, 5) is 28.6. The minimum absolute atomic E-state index is 0.0520. The van der Waals surface area contributed by atoms with E-state index in [0.29, 0.717) is 44.3 Å². The van der Waals surface area contributed by atoms with Crippen LogP contribution in [0, 0.1) is 0 Å². The SMILES string of the molecule is CN(C(=O)O)[C@]1(C(=O)CCN2CCOCC2)CNC[C@H]1c1ccc(Cl)cc1. The van der Waals surface area contributed by atoms with Crippen LogP contribution in [0.5, 0.6) is 0 Å². The van der Waals surface area contributed by atoms with Gasteiger partial charge in [-0.3, -0.25) is 14.6 Å². The highest BCUT2D eigenvalue weighted by molar-refractivity contribution is 6.30. The van der Waals surface area contributed by atoms with Gasteiger partial charge in [-0.1, -0.05) is 23.7 Å². The predicted octanol–water partition coefficient (Wildman–Crippen LogP) is 1.67. The molecule has 2 fully saturated rings. The highest BCUT2D eigenvalue weighted by Gasteiger charge is 2.53. The number of likely N-dealkylation sites (N-methyl/N-ethyl adjacent to an activating group) is 1. The number of Topliss-reactive ketones (excluding diaryl/α,β-unsaturated/α-hetero) is 1. The summed E-state index contributed by atoms with van der Waals surface area (Å²) in [7, 11) is 1.49. The molecule has 1 aromatic carbocycles. The van der Waals surface area contributed by atoms with E-state index in [2.05, 4.69) is 10.2 Å². The van der Waals surface area contributed by atoms with Crippen LogP contribution in [0.15, 0.2) is 24.3 Å². The van der Waals surface area contributed by atoms with Crippen LogP contribution in [0.3, 0.4) is 0 Å². The van der Waals surface area contributed by atoms with Gasteiger partial charge in [0, 0.05) is 57.1 Å². The smallest absolute Gasteiger partial charge is 0.407 e. The monoisotopic (exact) mass is 395 g/mol. The van der Waals surface area contributed by atoms with Gasteiger partial charge in [0.15, 0.2) is 5.78 Å². The number of morpholine rings is 1. The lowest BCUT2D eigenvalue weighted by Crippen LogP contribution is -2.60. The Balaban J connectivity index is 1.85. The molecular weight excluding hydrogens is 370 g/mol. The number of ketones is 1. The molecule has 0 unspecified atom stereocenters.